The van der Waals surface area contributed by atoms with Crippen molar-refractivity contribution in [3.63, 3.8) is 0 Å². The Morgan fingerprint density at radius 3 is 2.56 bits per heavy atom. The molecule has 0 bridgehead atoms. The second-order valence-corrected chi connectivity index (χ2v) is 7.04. The lowest BCUT2D eigenvalue weighted by molar-refractivity contribution is 0.00645. The van der Waals surface area contributed by atoms with Crippen LogP contribution in [0, 0.1) is 11.7 Å². The van der Waals surface area contributed by atoms with E-state index in [4.69, 9.17) is 24.6 Å². The molecule has 0 amide bonds. The van der Waals surface area contributed by atoms with Gasteiger partial charge in [0.05, 0.1) is 12.2 Å². The van der Waals surface area contributed by atoms with E-state index < -0.39 is 61.8 Å². The molecule has 4 heteroatoms. The molecule has 2 fully saturated rings. The van der Waals surface area contributed by atoms with Crippen molar-refractivity contribution in [3.8, 4) is 5.75 Å². The van der Waals surface area contributed by atoms with Crippen LogP contribution in [0.2, 0.25) is 0 Å². The van der Waals surface area contributed by atoms with E-state index in [1.807, 2.05) is 0 Å². The summed E-state index contributed by atoms with van der Waals surface area (Å²) in [5, 5.41) is 0. The summed E-state index contributed by atoms with van der Waals surface area (Å²) in [6, 6.07) is 2.04. The molecule has 0 aliphatic heterocycles. The zero-order chi connectivity index (χ0) is 27.9. The van der Waals surface area contributed by atoms with Gasteiger partial charge in [0, 0.05) is 21.1 Å². The first-order chi connectivity index (χ1) is 16.0. The minimum absolute atomic E-state index is 0.157. The summed E-state index contributed by atoms with van der Waals surface area (Å²) in [5.41, 5.74) is -0.931. The van der Waals surface area contributed by atoms with Crippen LogP contribution in [0.1, 0.15) is 102 Å². The predicted octanol–water partition coefficient (Wildman–Crippen LogP) is 5.62. The van der Waals surface area contributed by atoms with Crippen molar-refractivity contribution in [2.45, 2.75) is 77.0 Å². The highest BCUT2D eigenvalue weighted by Gasteiger charge is 2.31. The number of carbonyl (C=O) groups is 1. The average Bonchev–Trinajstić information content (AvgIpc) is 3.54. The van der Waals surface area contributed by atoms with Gasteiger partial charge in [0.25, 0.3) is 0 Å². The SMILES string of the molecule is [2H]C1([2H])C([2H])([2H])C([2H])([2H])C([2H])(COc2cc(F)c(C(=O)OC(C)(C)C)cc2C2CC2)C([2H])([2H])C1([2H])[2H]. The van der Waals surface area contributed by atoms with Crippen LogP contribution in [0.4, 0.5) is 4.39 Å². The maximum atomic E-state index is 14.9. The van der Waals surface area contributed by atoms with E-state index >= 15 is 0 Å². The van der Waals surface area contributed by atoms with Gasteiger partial charge in [-0.1, -0.05) is 19.1 Å². The molecule has 0 atom stereocenters. The van der Waals surface area contributed by atoms with Crippen LogP contribution in [-0.4, -0.2) is 18.2 Å². The lowest BCUT2D eigenvalue weighted by Crippen LogP contribution is -2.24. The Hall–Kier alpha value is -1.58. The van der Waals surface area contributed by atoms with Gasteiger partial charge in [0.2, 0.25) is 0 Å². The standard InChI is InChI=1S/C21H29FO3/c1-21(2,3)25-20(23)17-11-16(15-9-10-15)19(12-18(17)22)24-13-14-7-5-4-6-8-14/h11-12,14-15H,4-10,13H2,1-3H3/i4D2,5D2,6D2,7D2,8D2,14D. The molecular weight excluding hydrogens is 319 g/mol. The molecular formula is C21H29FO3. The van der Waals surface area contributed by atoms with Gasteiger partial charge < -0.3 is 9.47 Å². The molecule has 0 heterocycles. The number of hydrogen-bond donors (Lipinski definition) is 0. The van der Waals surface area contributed by atoms with Crippen molar-refractivity contribution in [2.75, 3.05) is 6.61 Å². The summed E-state index contributed by atoms with van der Waals surface area (Å²) in [4.78, 5) is 12.5. The van der Waals surface area contributed by atoms with Crippen LogP contribution in [0.15, 0.2) is 12.1 Å². The van der Waals surface area contributed by atoms with Gasteiger partial charge in [-0.05, 0) is 69.8 Å². The fraction of sp³-hybridized carbons (Fsp3) is 0.667. The van der Waals surface area contributed by atoms with E-state index in [-0.39, 0.29) is 17.2 Å². The molecule has 25 heavy (non-hydrogen) atoms. The fourth-order valence-corrected chi connectivity index (χ4v) is 2.40. The topological polar surface area (TPSA) is 35.5 Å². The highest BCUT2D eigenvalue weighted by atomic mass is 19.1. The number of benzene rings is 1. The van der Waals surface area contributed by atoms with Crippen LogP contribution < -0.4 is 4.74 Å². The highest BCUT2D eigenvalue weighted by Crippen LogP contribution is 2.45. The van der Waals surface area contributed by atoms with E-state index in [1.165, 1.54) is 6.07 Å². The molecule has 0 spiro atoms. The molecule has 1 aromatic carbocycles. The van der Waals surface area contributed by atoms with Crippen LogP contribution in [-0.2, 0) is 4.74 Å². The molecule has 0 radical (unpaired) electrons. The summed E-state index contributed by atoms with van der Waals surface area (Å²) in [6.07, 6.45) is -16.7. The first-order valence-electron chi connectivity index (χ1n) is 13.7. The second-order valence-electron chi connectivity index (χ2n) is 7.04. The molecule has 3 rings (SSSR count). The number of ether oxygens (including phenoxy) is 2. The monoisotopic (exact) mass is 359 g/mol. The predicted molar refractivity (Wildman–Crippen MR) is 95.6 cm³/mol. The third kappa shape index (κ3) is 4.96. The molecule has 2 aliphatic carbocycles. The maximum absolute atomic E-state index is 14.9. The molecule has 2 aliphatic rings. The summed E-state index contributed by atoms with van der Waals surface area (Å²) in [6.45, 7) is 3.58. The average molecular weight is 360 g/mol. The van der Waals surface area contributed by atoms with E-state index in [9.17, 15) is 9.18 Å². The van der Waals surface area contributed by atoms with Crippen LogP contribution in [0.25, 0.3) is 0 Å². The highest BCUT2D eigenvalue weighted by molar-refractivity contribution is 5.90. The van der Waals surface area contributed by atoms with Gasteiger partial charge in [0.1, 0.15) is 17.2 Å². The lowest BCUT2D eigenvalue weighted by Gasteiger charge is -2.23. The number of halogens is 1. The molecule has 138 valence electrons. The maximum Gasteiger partial charge on any atom is 0.341 e. The summed E-state index contributed by atoms with van der Waals surface area (Å²) in [7, 11) is 0. The first kappa shape index (κ1) is 8.88. The Kier molecular flexibility index (Phi) is 2.61. The molecule has 0 N–H and O–H groups in total. The van der Waals surface area contributed by atoms with Gasteiger partial charge in [-0.2, -0.15) is 0 Å². The van der Waals surface area contributed by atoms with Crippen molar-refractivity contribution in [1.29, 1.82) is 0 Å². The van der Waals surface area contributed by atoms with Gasteiger partial charge in [-0.25, -0.2) is 9.18 Å². The lowest BCUT2D eigenvalue weighted by atomic mass is 9.90. The van der Waals surface area contributed by atoms with Crippen LogP contribution in [0.3, 0.4) is 0 Å². The molecule has 0 saturated heterocycles. The van der Waals surface area contributed by atoms with Crippen LogP contribution in [0.5, 0.6) is 5.75 Å². The fourth-order valence-electron chi connectivity index (χ4n) is 2.40. The number of carbonyl (C=O) groups excluding carboxylic acids is 1. The normalized spacial score (nSPS) is 36.7. The summed E-state index contributed by atoms with van der Waals surface area (Å²) < 4.78 is 115. The third-order valence-electron chi connectivity index (χ3n) is 3.66. The number of esters is 1. The molecule has 0 unspecified atom stereocenters. The second kappa shape index (κ2) is 7.35. The number of hydrogen-bond acceptors (Lipinski definition) is 3. The van der Waals surface area contributed by atoms with E-state index in [0.29, 0.717) is 18.4 Å². The van der Waals surface area contributed by atoms with Crippen molar-refractivity contribution >= 4 is 5.97 Å². The van der Waals surface area contributed by atoms with E-state index in [1.54, 1.807) is 20.8 Å². The van der Waals surface area contributed by atoms with Gasteiger partial charge in [0.15, 0.2) is 0 Å². The molecule has 0 aromatic heterocycles. The summed E-state index contributed by atoms with van der Waals surface area (Å²) >= 11 is 0. The Labute approximate surface area is 165 Å². The summed E-state index contributed by atoms with van der Waals surface area (Å²) in [5.74, 6) is -5.64. The molecule has 1 aromatic rings. The van der Waals surface area contributed by atoms with Crippen molar-refractivity contribution in [2.24, 2.45) is 5.89 Å². The van der Waals surface area contributed by atoms with Crippen molar-refractivity contribution in [3.05, 3.63) is 29.1 Å². The Morgan fingerprint density at radius 1 is 1.28 bits per heavy atom. The Bertz CT molecular complexity index is 1030. The zero-order valence-electron chi connectivity index (χ0n) is 25.5. The van der Waals surface area contributed by atoms with E-state index in [2.05, 4.69) is 0 Å². The van der Waals surface area contributed by atoms with E-state index in [0.717, 1.165) is 6.07 Å². The Morgan fingerprint density at radius 2 is 1.96 bits per heavy atom. The third-order valence-corrected chi connectivity index (χ3v) is 3.66. The Balaban J connectivity index is 2.04. The first-order valence-corrected chi connectivity index (χ1v) is 8.16. The quantitative estimate of drug-likeness (QED) is 0.640. The smallest absolute Gasteiger partial charge is 0.341 e. The largest absolute Gasteiger partial charge is 0.493 e. The van der Waals surface area contributed by atoms with Crippen LogP contribution >= 0.6 is 0 Å². The van der Waals surface area contributed by atoms with Gasteiger partial charge >= 0.3 is 5.97 Å². The number of rotatable bonds is 5. The zero-order valence-corrected chi connectivity index (χ0v) is 14.5. The minimum atomic E-state index is -3.64. The minimum Gasteiger partial charge on any atom is -0.493 e. The van der Waals surface area contributed by atoms with Crippen molar-refractivity contribution in [1.82, 2.24) is 0 Å². The van der Waals surface area contributed by atoms with Gasteiger partial charge in [-0.15, -0.1) is 0 Å². The van der Waals surface area contributed by atoms with Crippen molar-refractivity contribution < 1.29 is 33.7 Å². The molecule has 3 nitrogen and oxygen atoms in total. The van der Waals surface area contributed by atoms with Gasteiger partial charge in [-0.3, -0.25) is 0 Å². The molecule has 2 saturated carbocycles.